The first kappa shape index (κ1) is 12.9. The predicted molar refractivity (Wildman–Crippen MR) is 64.1 cm³/mol. The third kappa shape index (κ3) is 4.96. The molecule has 1 heterocycles. The molecule has 0 saturated carbocycles. The SMILES string of the molecule is CCCNCC1CCCCN1CCCO. The van der Waals surface area contributed by atoms with Crippen LogP contribution in [0.25, 0.3) is 0 Å². The first-order chi connectivity index (χ1) is 7.38. The van der Waals surface area contributed by atoms with Gasteiger partial charge in [0.2, 0.25) is 0 Å². The van der Waals surface area contributed by atoms with E-state index in [2.05, 4.69) is 17.1 Å². The predicted octanol–water partition coefficient (Wildman–Crippen LogP) is 1.22. The maximum atomic E-state index is 8.86. The van der Waals surface area contributed by atoms with Gasteiger partial charge in [0, 0.05) is 25.7 Å². The van der Waals surface area contributed by atoms with E-state index in [1.807, 2.05) is 0 Å². The number of piperidine rings is 1. The molecule has 1 aliphatic heterocycles. The summed E-state index contributed by atoms with van der Waals surface area (Å²) >= 11 is 0. The van der Waals surface area contributed by atoms with Crippen molar-refractivity contribution in [1.29, 1.82) is 0 Å². The van der Waals surface area contributed by atoms with Crippen LogP contribution in [0.1, 0.15) is 39.0 Å². The van der Waals surface area contributed by atoms with Gasteiger partial charge in [-0.1, -0.05) is 13.3 Å². The van der Waals surface area contributed by atoms with E-state index < -0.39 is 0 Å². The third-order valence-electron chi connectivity index (χ3n) is 3.16. The quantitative estimate of drug-likeness (QED) is 0.626. The van der Waals surface area contributed by atoms with E-state index in [9.17, 15) is 0 Å². The largest absolute Gasteiger partial charge is 0.396 e. The summed E-state index contributed by atoms with van der Waals surface area (Å²) < 4.78 is 0. The average molecular weight is 214 g/mol. The topological polar surface area (TPSA) is 35.5 Å². The van der Waals surface area contributed by atoms with Crippen molar-refractivity contribution in [1.82, 2.24) is 10.2 Å². The summed E-state index contributed by atoms with van der Waals surface area (Å²) in [6, 6.07) is 0.705. The lowest BCUT2D eigenvalue weighted by atomic mass is 10.0. The summed E-state index contributed by atoms with van der Waals surface area (Å²) in [5, 5.41) is 12.4. The zero-order chi connectivity index (χ0) is 10.9. The van der Waals surface area contributed by atoms with Gasteiger partial charge in [0.25, 0.3) is 0 Å². The Morgan fingerprint density at radius 2 is 2.27 bits per heavy atom. The molecule has 0 aromatic rings. The molecule has 0 bridgehead atoms. The number of likely N-dealkylation sites (tertiary alicyclic amines) is 1. The molecule has 0 aromatic carbocycles. The van der Waals surface area contributed by atoms with Gasteiger partial charge in [-0.2, -0.15) is 0 Å². The highest BCUT2D eigenvalue weighted by Crippen LogP contribution is 2.16. The van der Waals surface area contributed by atoms with Crippen molar-refractivity contribution in [3.05, 3.63) is 0 Å². The molecule has 1 saturated heterocycles. The van der Waals surface area contributed by atoms with Gasteiger partial charge in [-0.3, -0.25) is 4.90 Å². The molecular formula is C12H26N2O. The molecule has 0 aromatic heterocycles. The van der Waals surface area contributed by atoms with Crippen molar-refractivity contribution >= 4 is 0 Å². The van der Waals surface area contributed by atoms with Crippen molar-refractivity contribution in [3.8, 4) is 0 Å². The van der Waals surface area contributed by atoms with Crippen molar-refractivity contribution < 1.29 is 5.11 Å². The Balaban J connectivity index is 2.22. The van der Waals surface area contributed by atoms with Gasteiger partial charge in [0.1, 0.15) is 0 Å². The fourth-order valence-corrected chi connectivity index (χ4v) is 2.30. The van der Waals surface area contributed by atoms with Crippen molar-refractivity contribution in [2.75, 3.05) is 32.8 Å². The molecule has 0 spiro atoms. The Bertz CT molecular complexity index is 153. The molecule has 1 unspecified atom stereocenters. The second-order valence-corrected chi connectivity index (χ2v) is 4.47. The lowest BCUT2D eigenvalue weighted by Crippen LogP contribution is -2.46. The summed E-state index contributed by atoms with van der Waals surface area (Å²) in [7, 11) is 0. The fourth-order valence-electron chi connectivity index (χ4n) is 2.30. The molecule has 1 fully saturated rings. The van der Waals surface area contributed by atoms with Crippen molar-refractivity contribution in [2.45, 2.75) is 45.1 Å². The van der Waals surface area contributed by atoms with Crippen molar-refractivity contribution in [3.63, 3.8) is 0 Å². The molecule has 2 N–H and O–H groups in total. The van der Waals surface area contributed by atoms with E-state index in [4.69, 9.17) is 5.11 Å². The molecule has 1 rings (SSSR count). The monoisotopic (exact) mass is 214 g/mol. The Labute approximate surface area is 93.9 Å². The molecule has 3 nitrogen and oxygen atoms in total. The van der Waals surface area contributed by atoms with Gasteiger partial charge >= 0.3 is 0 Å². The Hall–Kier alpha value is -0.120. The Morgan fingerprint density at radius 3 is 3.00 bits per heavy atom. The molecule has 0 radical (unpaired) electrons. The normalized spacial score (nSPS) is 23.2. The van der Waals surface area contributed by atoms with Gasteiger partial charge < -0.3 is 10.4 Å². The fraction of sp³-hybridized carbons (Fsp3) is 1.00. The number of hydrogen-bond acceptors (Lipinski definition) is 3. The molecule has 3 heteroatoms. The van der Waals surface area contributed by atoms with Crippen LogP contribution in [0.5, 0.6) is 0 Å². The van der Waals surface area contributed by atoms with Gasteiger partial charge in [-0.15, -0.1) is 0 Å². The molecule has 1 aliphatic rings. The highest BCUT2D eigenvalue weighted by molar-refractivity contribution is 4.78. The van der Waals surface area contributed by atoms with E-state index in [1.54, 1.807) is 0 Å². The number of hydrogen-bond donors (Lipinski definition) is 2. The van der Waals surface area contributed by atoms with E-state index >= 15 is 0 Å². The second kappa shape index (κ2) is 8.08. The molecular weight excluding hydrogens is 188 g/mol. The van der Waals surface area contributed by atoms with Crippen LogP contribution in [0.4, 0.5) is 0 Å². The maximum absolute atomic E-state index is 8.86. The number of aliphatic hydroxyl groups is 1. The first-order valence-electron chi connectivity index (χ1n) is 6.44. The van der Waals surface area contributed by atoms with E-state index in [0.717, 1.165) is 26.1 Å². The lowest BCUT2D eigenvalue weighted by molar-refractivity contribution is 0.133. The van der Waals surface area contributed by atoms with Gasteiger partial charge in [0.15, 0.2) is 0 Å². The maximum Gasteiger partial charge on any atom is 0.0443 e. The smallest absolute Gasteiger partial charge is 0.0443 e. The zero-order valence-electron chi connectivity index (χ0n) is 10.0. The van der Waals surface area contributed by atoms with Crippen LogP contribution in [-0.2, 0) is 0 Å². The van der Waals surface area contributed by atoms with Crippen LogP contribution in [0.3, 0.4) is 0 Å². The third-order valence-corrected chi connectivity index (χ3v) is 3.16. The van der Waals surface area contributed by atoms with Crippen LogP contribution in [0.2, 0.25) is 0 Å². The average Bonchev–Trinajstić information content (AvgIpc) is 2.28. The van der Waals surface area contributed by atoms with Crippen molar-refractivity contribution in [2.24, 2.45) is 0 Å². The van der Waals surface area contributed by atoms with Crippen LogP contribution in [0, 0.1) is 0 Å². The van der Waals surface area contributed by atoms with Crippen LogP contribution in [0.15, 0.2) is 0 Å². The molecule has 90 valence electrons. The minimum absolute atomic E-state index is 0.325. The van der Waals surface area contributed by atoms with Crippen LogP contribution in [-0.4, -0.2) is 48.8 Å². The Kier molecular flexibility index (Phi) is 6.98. The molecule has 0 amide bonds. The molecule has 0 aliphatic carbocycles. The molecule has 1 atom stereocenters. The minimum Gasteiger partial charge on any atom is -0.396 e. The van der Waals surface area contributed by atoms with Crippen LogP contribution >= 0.6 is 0 Å². The summed E-state index contributed by atoms with van der Waals surface area (Å²) in [6.07, 6.45) is 6.15. The van der Waals surface area contributed by atoms with Gasteiger partial charge in [0.05, 0.1) is 0 Å². The minimum atomic E-state index is 0.325. The van der Waals surface area contributed by atoms with Gasteiger partial charge in [-0.05, 0) is 38.8 Å². The zero-order valence-corrected chi connectivity index (χ0v) is 10.0. The molecule has 15 heavy (non-hydrogen) atoms. The standard InChI is InChI=1S/C12H26N2O/c1-2-7-13-11-12-6-3-4-8-14(12)9-5-10-15/h12-13,15H,2-11H2,1H3. The summed E-state index contributed by atoms with van der Waals surface area (Å²) in [4.78, 5) is 2.54. The van der Waals surface area contributed by atoms with E-state index in [0.29, 0.717) is 12.6 Å². The first-order valence-corrected chi connectivity index (χ1v) is 6.44. The Morgan fingerprint density at radius 1 is 1.40 bits per heavy atom. The van der Waals surface area contributed by atoms with E-state index in [1.165, 1.54) is 32.2 Å². The van der Waals surface area contributed by atoms with Crippen LogP contribution < -0.4 is 5.32 Å². The number of nitrogens with zero attached hydrogens (tertiary/aromatic N) is 1. The summed E-state index contributed by atoms with van der Waals surface area (Å²) in [6.45, 7) is 7.07. The van der Waals surface area contributed by atoms with Gasteiger partial charge in [-0.25, -0.2) is 0 Å². The highest BCUT2D eigenvalue weighted by atomic mass is 16.3. The van der Waals surface area contributed by atoms with E-state index in [-0.39, 0.29) is 0 Å². The second-order valence-electron chi connectivity index (χ2n) is 4.47. The number of aliphatic hydroxyl groups excluding tert-OH is 1. The highest BCUT2D eigenvalue weighted by Gasteiger charge is 2.20. The lowest BCUT2D eigenvalue weighted by Gasteiger charge is -2.35. The number of nitrogens with one attached hydrogen (secondary N) is 1. The number of rotatable bonds is 7. The summed E-state index contributed by atoms with van der Waals surface area (Å²) in [5.41, 5.74) is 0. The summed E-state index contributed by atoms with van der Waals surface area (Å²) in [5.74, 6) is 0.